The molecular formula is C16H19NO6. The standard InChI is InChI=1S/C16H19NO6/c1-10(18)9-13(20)23-15(16(21)22-3)14(17-11(2)19)12-7-5-4-6-8-12/h4-8,14-15H,9H2,1-3H3,(H,17,19)/t14-,15+/m0/s1. The molecule has 0 bridgehead atoms. The number of esters is 2. The summed E-state index contributed by atoms with van der Waals surface area (Å²) >= 11 is 0. The number of carbonyl (C=O) groups excluding carboxylic acids is 4. The van der Waals surface area contributed by atoms with Gasteiger partial charge in [0.25, 0.3) is 0 Å². The van der Waals surface area contributed by atoms with E-state index in [0.717, 1.165) is 7.11 Å². The molecule has 124 valence electrons. The smallest absolute Gasteiger partial charge is 0.349 e. The number of Topliss-reactive ketones (excluding diaryl/α,β-unsaturated/α-hetero) is 1. The van der Waals surface area contributed by atoms with Crippen LogP contribution in [0.25, 0.3) is 0 Å². The van der Waals surface area contributed by atoms with E-state index < -0.39 is 42.2 Å². The van der Waals surface area contributed by atoms with E-state index in [1.165, 1.54) is 13.8 Å². The van der Waals surface area contributed by atoms with Crippen LogP contribution < -0.4 is 5.32 Å². The molecule has 0 saturated carbocycles. The monoisotopic (exact) mass is 321 g/mol. The molecule has 0 aliphatic rings. The maximum Gasteiger partial charge on any atom is 0.349 e. The molecule has 1 aromatic carbocycles. The zero-order chi connectivity index (χ0) is 17.4. The van der Waals surface area contributed by atoms with E-state index >= 15 is 0 Å². The fourth-order valence-corrected chi connectivity index (χ4v) is 1.97. The minimum atomic E-state index is -1.39. The molecule has 0 fully saturated rings. The molecule has 7 heteroatoms. The first-order valence-corrected chi connectivity index (χ1v) is 6.94. The van der Waals surface area contributed by atoms with Crippen LogP contribution in [0.2, 0.25) is 0 Å². The van der Waals surface area contributed by atoms with Gasteiger partial charge in [-0.05, 0) is 12.5 Å². The normalized spacial score (nSPS) is 12.7. The highest BCUT2D eigenvalue weighted by atomic mass is 16.6. The van der Waals surface area contributed by atoms with Gasteiger partial charge in [-0.15, -0.1) is 0 Å². The highest BCUT2D eigenvalue weighted by Crippen LogP contribution is 2.21. The van der Waals surface area contributed by atoms with Crippen LogP contribution in [0.3, 0.4) is 0 Å². The van der Waals surface area contributed by atoms with Crippen molar-refractivity contribution in [1.29, 1.82) is 0 Å². The maximum absolute atomic E-state index is 12.0. The lowest BCUT2D eigenvalue weighted by Gasteiger charge is -2.26. The van der Waals surface area contributed by atoms with Crippen LogP contribution in [-0.4, -0.2) is 36.8 Å². The number of amides is 1. The summed E-state index contributed by atoms with van der Waals surface area (Å²) < 4.78 is 9.73. The van der Waals surface area contributed by atoms with Crippen molar-refractivity contribution in [2.75, 3.05) is 7.11 Å². The second-order valence-electron chi connectivity index (χ2n) is 4.90. The van der Waals surface area contributed by atoms with Crippen molar-refractivity contribution in [2.24, 2.45) is 0 Å². The maximum atomic E-state index is 12.0. The van der Waals surface area contributed by atoms with Crippen LogP contribution in [0.5, 0.6) is 0 Å². The Morgan fingerprint density at radius 2 is 1.70 bits per heavy atom. The molecule has 2 atom stereocenters. The van der Waals surface area contributed by atoms with E-state index in [1.807, 2.05) is 0 Å². The number of rotatable bonds is 7. The molecule has 23 heavy (non-hydrogen) atoms. The number of benzene rings is 1. The van der Waals surface area contributed by atoms with E-state index in [-0.39, 0.29) is 0 Å². The molecule has 0 aliphatic heterocycles. The predicted octanol–water partition coefficient (Wildman–Crippen LogP) is 0.928. The van der Waals surface area contributed by atoms with Crippen molar-refractivity contribution in [3.63, 3.8) is 0 Å². The van der Waals surface area contributed by atoms with Crippen LogP contribution in [0.15, 0.2) is 30.3 Å². The van der Waals surface area contributed by atoms with Crippen LogP contribution in [0.4, 0.5) is 0 Å². The van der Waals surface area contributed by atoms with Gasteiger partial charge in [0.05, 0.1) is 7.11 Å². The van der Waals surface area contributed by atoms with Gasteiger partial charge < -0.3 is 14.8 Å². The predicted molar refractivity (Wildman–Crippen MR) is 80.2 cm³/mol. The molecule has 0 aliphatic carbocycles. The van der Waals surface area contributed by atoms with Gasteiger partial charge in [-0.3, -0.25) is 14.4 Å². The zero-order valence-corrected chi connectivity index (χ0v) is 13.2. The molecule has 1 rings (SSSR count). The molecule has 0 heterocycles. The third-order valence-corrected chi connectivity index (χ3v) is 2.91. The Morgan fingerprint density at radius 3 is 2.17 bits per heavy atom. The highest BCUT2D eigenvalue weighted by molar-refractivity contribution is 5.95. The third kappa shape index (κ3) is 5.90. The second kappa shape index (κ2) is 8.67. The Labute approximate surface area is 134 Å². The molecule has 0 unspecified atom stereocenters. The summed E-state index contributed by atoms with van der Waals surface area (Å²) in [5, 5.41) is 2.57. The molecule has 0 aromatic heterocycles. The Kier molecular flexibility index (Phi) is 6.92. The van der Waals surface area contributed by atoms with Crippen LogP contribution in [-0.2, 0) is 28.7 Å². The van der Waals surface area contributed by atoms with Gasteiger partial charge in [-0.1, -0.05) is 30.3 Å². The van der Waals surface area contributed by atoms with Gasteiger partial charge in [-0.25, -0.2) is 4.79 Å². The Hall–Kier alpha value is -2.70. The number of hydrogen-bond donors (Lipinski definition) is 1. The second-order valence-corrected chi connectivity index (χ2v) is 4.90. The van der Waals surface area contributed by atoms with Gasteiger partial charge >= 0.3 is 11.9 Å². The third-order valence-electron chi connectivity index (χ3n) is 2.91. The molecule has 0 spiro atoms. The topological polar surface area (TPSA) is 98.8 Å². The van der Waals surface area contributed by atoms with Crippen molar-refractivity contribution in [2.45, 2.75) is 32.4 Å². The molecule has 7 nitrogen and oxygen atoms in total. The molecule has 1 N–H and O–H groups in total. The van der Waals surface area contributed by atoms with E-state index in [0.29, 0.717) is 5.56 Å². The lowest BCUT2D eigenvalue weighted by molar-refractivity contribution is -0.169. The summed E-state index contributed by atoms with van der Waals surface area (Å²) in [7, 11) is 1.14. The molecule has 1 aromatic rings. The quantitative estimate of drug-likeness (QED) is 0.592. The first kappa shape index (κ1) is 18.3. The minimum absolute atomic E-state index is 0.394. The summed E-state index contributed by atoms with van der Waals surface area (Å²) in [4.78, 5) is 46.2. The SMILES string of the molecule is COC(=O)[C@H](OC(=O)CC(C)=O)[C@@H](NC(C)=O)c1ccccc1. The highest BCUT2D eigenvalue weighted by Gasteiger charge is 2.35. The van der Waals surface area contributed by atoms with Crippen molar-refractivity contribution < 1.29 is 28.7 Å². The summed E-state index contributed by atoms with van der Waals surface area (Å²) in [5.41, 5.74) is 0.564. The number of hydrogen-bond acceptors (Lipinski definition) is 6. The Morgan fingerprint density at radius 1 is 1.09 bits per heavy atom. The molecule has 0 radical (unpaired) electrons. The van der Waals surface area contributed by atoms with Crippen molar-refractivity contribution in [1.82, 2.24) is 5.32 Å². The van der Waals surface area contributed by atoms with Gasteiger partial charge in [0, 0.05) is 6.92 Å². The van der Waals surface area contributed by atoms with Crippen molar-refractivity contribution in [3.05, 3.63) is 35.9 Å². The first-order chi connectivity index (χ1) is 10.8. The van der Waals surface area contributed by atoms with Crippen LogP contribution >= 0.6 is 0 Å². The van der Waals surface area contributed by atoms with E-state index in [2.05, 4.69) is 10.1 Å². The van der Waals surface area contributed by atoms with Gasteiger partial charge in [0.2, 0.25) is 12.0 Å². The van der Waals surface area contributed by atoms with Gasteiger partial charge in [-0.2, -0.15) is 0 Å². The Balaban J connectivity index is 3.11. The molecular weight excluding hydrogens is 302 g/mol. The average molecular weight is 321 g/mol. The van der Waals surface area contributed by atoms with E-state index in [9.17, 15) is 19.2 Å². The van der Waals surface area contributed by atoms with Crippen LogP contribution in [0.1, 0.15) is 31.9 Å². The summed E-state index contributed by atoms with van der Waals surface area (Å²) in [6, 6.07) is 7.64. The van der Waals surface area contributed by atoms with Gasteiger partial charge in [0.15, 0.2) is 0 Å². The van der Waals surface area contributed by atoms with E-state index in [4.69, 9.17) is 4.74 Å². The van der Waals surface area contributed by atoms with Crippen LogP contribution in [0, 0.1) is 0 Å². The Bertz CT molecular complexity index is 583. The summed E-state index contributed by atoms with van der Waals surface area (Å²) in [5.74, 6) is -2.49. The summed E-state index contributed by atoms with van der Waals surface area (Å²) in [6.45, 7) is 2.51. The lowest BCUT2D eigenvalue weighted by atomic mass is 10.0. The molecule has 0 saturated heterocycles. The average Bonchev–Trinajstić information content (AvgIpc) is 2.49. The van der Waals surface area contributed by atoms with Crippen molar-refractivity contribution in [3.8, 4) is 0 Å². The fraction of sp³-hybridized carbons (Fsp3) is 0.375. The fourth-order valence-electron chi connectivity index (χ4n) is 1.97. The number of ketones is 1. The largest absolute Gasteiger partial charge is 0.466 e. The number of carbonyl (C=O) groups is 4. The van der Waals surface area contributed by atoms with Crippen molar-refractivity contribution >= 4 is 23.6 Å². The number of nitrogens with one attached hydrogen (secondary N) is 1. The number of methoxy groups -OCH3 is 1. The summed E-state index contributed by atoms with van der Waals surface area (Å²) in [6.07, 6.45) is -1.85. The zero-order valence-electron chi connectivity index (χ0n) is 13.2. The van der Waals surface area contributed by atoms with Gasteiger partial charge in [0.1, 0.15) is 18.2 Å². The number of ether oxygens (including phenoxy) is 2. The first-order valence-electron chi connectivity index (χ1n) is 6.94. The molecule has 1 amide bonds. The van der Waals surface area contributed by atoms with E-state index in [1.54, 1.807) is 30.3 Å². The minimum Gasteiger partial charge on any atom is -0.466 e. The lowest BCUT2D eigenvalue weighted by Crippen LogP contribution is -2.43.